The van der Waals surface area contributed by atoms with Crippen molar-refractivity contribution in [2.75, 3.05) is 13.2 Å². The predicted octanol–water partition coefficient (Wildman–Crippen LogP) is 5.10. The molecular formula is C22H36O3. The average molecular weight is 349 g/mol. The van der Waals surface area contributed by atoms with Crippen molar-refractivity contribution in [3.05, 3.63) is 12.2 Å². The number of hydrogen-bond donors (Lipinski definition) is 0. The molecule has 3 heteroatoms. The second-order valence-corrected chi connectivity index (χ2v) is 9.77. The zero-order valence-corrected chi connectivity index (χ0v) is 16.6. The Labute approximate surface area is 153 Å². The Hall–Kier alpha value is -0.380. The van der Waals surface area contributed by atoms with Crippen LogP contribution in [0.4, 0.5) is 0 Å². The molecule has 3 aliphatic heterocycles. The van der Waals surface area contributed by atoms with Gasteiger partial charge in [0.2, 0.25) is 0 Å². The first-order valence-electron chi connectivity index (χ1n) is 10.4. The van der Waals surface area contributed by atoms with E-state index in [1.54, 1.807) is 0 Å². The van der Waals surface area contributed by atoms with Gasteiger partial charge in [-0.2, -0.15) is 0 Å². The number of fused-ring (bicyclic) bond motifs is 2. The Bertz CT molecular complexity index is 537. The molecule has 25 heavy (non-hydrogen) atoms. The molecular weight excluding hydrogens is 312 g/mol. The fourth-order valence-electron chi connectivity index (χ4n) is 6.44. The molecule has 0 unspecified atom stereocenters. The van der Waals surface area contributed by atoms with E-state index in [-0.39, 0.29) is 17.0 Å². The fraction of sp³-hybridized carbons (Fsp3) is 0.909. The minimum Gasteiger partial charge on any atom is -0.369 e. The van der Waals surface area contributed by atoms with Crippen molar-refractivity contribution in [2.45, 2.75) is 89.6 Å². The molecule has 6 atom stereocenters. The van der Waals surface area contributed by atoms with Crippen LogP contribution in [0.3, 0.4) is 0 Å². The molecule has 4 aliphatic rings. The first-order chi connectivity index (χ1) is 11.8. The molecule has 4 rings (SSSR count). The molecule has 0 aromatic carbocycles. The molecule has 142 valence electrons. The SMILES string of the molecule is C=C(CC[C@@H]1[C@@H](C)[C@]2(C)CC[C@@]1(C)O2)[C@@H]1CC[C@@H](C)CC12OCCO2. The third-order valence-electron chi connectivity index (χ3n) is 8.09. The van der Waals surface area contributed by atoms with Crippen molar-refractivity contribution < 1.29 is 14.2 Å². The summed E-state index contributed by atoms with van der Waals surface area (Å²) in [4.78, 5) is 0. The van der Waals surface area contributed by atoms with Gasteiger partial charge < -0.3 is 14.2 Å². The third kappa shape index (κ3) is 2.82. The lowest BCUT2D eigenvalue weighted by molar-refractivity contribution is -0.212. The van der Waals surface area contributed by atoms with Gasteiger partial charge in [-0.05, 0) is 70.1 Å². The summed E-state index contributed by atoms with van der Waals surface area (Å²) in [5.74, 6) is 1.95. The maximum absolute atomic E-state index is 6.48. The van der Waals surface area contributed by atoms with Crippen molar-refractivity contribution in [1.29, 1.82) is 0 Å². The second kappa shape index (κ2) is 6.07. The topological polar surface area (TPSA) is 27.7 Å². The zero-order chi connectivity index (χ0) is 17.9. The van der Waals surface area contributed by atoms with Crippen LogP contribution in [0.25, 0.3) is 0 Å². The summed E-state index contributed by atoms with van der Waals surface area (Å²) in [6.45, 7) is 15.3. The highest BCUT2D eigenvalue weighted by atomic mass is 16.7. The third-order valence-corrected chi connectivity index (χ3v) is 8.09. The molecule has 0 radical (unpaired) electrons. The van der Waals surface area contributed by atoms with Crippen LogP contribution in [-0.4, -0.2) is 30.2 Å². The van der Waals surface area contributed by atoms with E-state index in [9.17, 15) is 0 Å². The van der Waals surface area contributed by atoms with Gasteiger partial charge in [-0.1, -0.05) is 26.0 Å². The summed E-state index contributed by atoms with van der Waals surface area (Å²) >= 11 is 0. The molecule has 4 fully saturated rings. The Morgan fingerprint density at radius 3 is 2.36 bits per heavy atom. The number of rotatable bonds is 4. The predicted molar refractivity (Wildman–Crippen MR) is 99.3 cm³/mol. The quantitative estimate of drug-likeness (QED) is 0.662. The van der Waals surface area contributed by atoms with Gasteiger partial charge in [0, 0.05) is 12.3 Å². The van der Waals surface area contributed by atoms with Gasteiger partial charge in [0.05, 0.1) is 24.4 Å². The summed E-state index contributed by atoms with van der Waals surface area (Å²) in [5, 5.41) is 0. The van der Waals surface area contributed by atoms with Crippen molar-refractivity contribution in [3.63, 3.8) is 0 Å². The van der Waals surface area contributed by atoms with E-state index in [0.29, 0.717) is 23.7 Å². The van der Waals surface area contributed by atoms with Gasteiger partial charge in [-0.25, -0.2) is 0 Å². The van der Waals surface area contributed by atoms with Crippen LogP contribution in [0.1, 0.15) is 72.6 Å². The molecule has 0 N–H and O–H groups in total. The van der Waals surface area contributed by atoms with Crippen molar-refractivity contribution in [2.24, 2.45) is 23.7 Å². The van der Waals surface area contributed by atoms with Gasteiger partial charge in [0.1, 0.15) is 0 Å². The number of ether oxygens (including phenoxy) is 3. The zero-order valence-electron chi connectivity index (χ0n) is 16.6. The smallest absolute Gasteiger partial charge is 0.175 e. The Balaban J connectivity index is 1.42. The minimum absolute atomic E-state index is 0.0770. The van der Waals surface area contributed by atoms with Crippen LogP contribution in [0.15, 0.2) is 12.2 Å². The van der Waals surface area contributed by atoms with E-state index in [0.717, 1.165) is 32.5 Å². The molecule has 3 saturated heterocycles. The molecule has 0 aromatic rings. The highest BCUT2D eigenvalue weighted by Gasteiger charge is 2.60. The molecule has 1 saturated carbocycles. The van der Waals surface area contributed by atoms with Gasteiger partial charge in [-0.15, -0.1) is 0 Å². The first kappa shape index (κ1) is 18.0. The molecule has 0 amide bonds. The highest BCUT2D eigenvalue weighted by molar-refractivity contribution is 5.13. The van der Waals surface area contributed by atoms with E-state index in [2.05, 4.69) is 34.3 Å². The van der Waals surface area contributed by atoms with E-state index in [1.807, 2.05) is 0 Å². The number of hydrogen-bond acceptors (Lipinski definition) is 3. The van der Waals surface area contributed by atoms with E-state index < -0.39 is 0 Å². The van der Waals surface area contributed by atoms with Crippen molar-refractivity contribution in [3.8, 4) is 0 Å². The van der Waals surface area contributed by atoms with Gasteiger partial charge in [0.25, 0.3) is 0 Å². The van der Waals surface area contributed by atoms with Gasteiger partial charge >= 0.3 is 0 Å². The minimum atomic E-state index is -0.374. The summed E-state index contributed by atoms with van der Waals surface area (Å²) < 4.78 is 18.8. The maximum atomic E-state index is 6.48. The Morgan fingerprint density at radius 2 is 1.72 bits per heavy atom. The average Bonchev–Trinajstić information content (AvgIpc) is 3.17. The van der Waals surface area contributed by atoms with E-state index in [4.69, 9.17) is 14.2 Å². The molecule has 3 nitrogen and oxygen atoms in total. The largest absolute Gasteiger partial charge is 0.369 e. The molecule has 1 spiro atoms. The molecule has 3 heterocycles. The molecule has 2 bridgehead atoms. The van der Waals surface area contributed by atoms with Crippen LogP contribution >= 0.6 is 0 Å². The Morgan fingerprint density at radius 1 is 1.04 bits per heavy atom. The van der Waals surface area contributed by atoms with Crippen LogP contribution in [0.5, 0.6) is 0 Å². The molecule has 1 aliphatic carbocycles. The summed E-state index contributed by atoms with van der Waals surface area (Å²) in [6.07, 6.45) is 8.14. The van der Waals surface area contributed by atoms with Crippen LogP contribution in [-0.2, 0) is 14.2 Å². The van der Waals surface area contributed by atoms with Gasteiger partial charge in [0.15, 0.2) is 5.79 Å². The van der Waals surface area contributed by atoms with E-state index >= 15 is 0 Å². The summed E-state index contributed by atoms with van der Waals surface area (Å²) in [5.41, 5.74) is 1.52. The van der Waals surface area contributed by atoms with Gasteiger partial charge in [-0.3, -0.25) is 0 Å². The standard InChI is InChI=1S/C22H36O3/c1-15-6-8-18(22(14-15)23-12-13-24-22)16(2)7-9-19-17(3)20(4)10-11-21(19,5)25-20/h15,17-19H,2,6-14H2,1,3-5H3/t15-,17-,18+,19-,20+,21-/m1/s1. The van der Waals surface area contributed by atoms with Crippen LogP contribution in [0.2, 0.25) is 0 Å². The highest BCUT2D eigenvalue weighted by Crippen LogP contribution is 2.59. The van der Waals surface area contributed by atoms with Crippen LogP contribution < -0.4 is 0 Å². The van der Waals surface area contributed by atoms with E-state index in [1.165, 1.54) is 31.3 Å². The Kier molecular flexibility index (Phi) is 4.37. The van der Waals surface area contributed by atoms with Crippen LogP contribution in [0, 0.1) is 23.7 Å². The summed E-state index contributed by atoms with van der Waals surface area (Å²) in [7, 11) is 0. The monoisotopic (exact) mass is 348 g/mol. The lowest BCUT2D eigenvalue weighted by Gasteiger charge is -2.43. The maximum Gasteiger partial charge on any atom is 0.175 e. The summed E-state index contributed by atoms with van der Waals surface area (Å²) in [6, 6.07) is 0. The second-order valence-electron chi connectivity index (χ2n) is 9.77. The first-order valence-corrected chi connectivity index (χ1v) is 10.4. The fourth-order valence-corrected chi connectivity index (χ4v) is 6.44. The lowest BCUT2D eigenvalue weighted by Crippen LogP contribution is -2.45. The molecule has 0 aromatic heterocycles. The normalized spacial score (nSPS) is 48.3. The van der Waals surface area contributed by atoms with Crippen molar-refractivity contribution >= 4 is 0 Å². The van der Waals surface area contributed by atoms with Crippen molar-refractivity contribution in [1.82, 2.24) is 0 Å². The lowest BCUT2D eigenvalue weighted by atomic mass is 9.66.